The summed E-state index contributed by atoms with van der Waals surface area (Å²) in [6.45, 7) is 1.42. The summed E-state index contributed by atoms with van der Waals surface area (Å²) < 4.78 is 5.27. The molecule has 16 heavy (non-hydrogen) atoms. The summed E-state index contributed by atoms with van der Waals surface area (Å²) in [6.07, 6.45) is 4.60. The molecule has 0 saturated carbocycles. The van der Waals surface area contributed by atoms with Crippen LogP contribution in [0.4, 0.5) is 0 Å². The fourth-order valence-electron chi connectivity index (χ4n) is 2.27. The van der Waals surface area contributed by atoms with Crippen molar-refractivity contribution in [2.75, 3.05) is 13.2 Å². The molecule has 0 bridgehead atoms. The molecule has 2 rings (SSSR count). The maximum absolute atomic E-state index is 10.3. The number of hydrogen-bond acceptors (Lipinski definition) is 2. The zero-order valence-corrected chi connectivity index (χ0v) is 9.69. The summed E-state index contributed by atoms with van der Waals surface area (Å²) in [4.78, 5) is 0. The zero-order valence-electron chi connectivity index (χ0n) is 9.69. The molecule has 1 aromatic carbocycles. The quantitative estimate of drug-likeness (QED) is 0.845. The summed E-state index contributed by atoms with van der Waals surface area (Å²) in [7, 11) is 0. The Bertz CT molecular complexity index is 302. The Morgan fingerprint density at radius 1 is 1.12 bits per heavy atom. The molecule has 1 aromatic rings. The van der Waals surface area contributed by atoms with Crippen LogP contribution in [0.25, 0.3) is 0 Å². The van der Waals surface area contributed by atoms with Crippen LogP contribution in [0.2, 0.25) is 0 Å². The van der Waals surface area contributed by atoms with Crippen LogP contribution in [0.3, 0.4) is 0 Å². The van der Waals surface area contributed by atoms with E-state index in [2.05, 4.69) is 24.3 Å². The van der Waals surface area contributed by atoms with Crippen LogP contribution in [0.5, 0.6) is 0 Å². The van der Waals surface area contributed by atoms with E-state index in [1.54, 1.807) is 0 Å². The molecule has 0 radical (unpaired) electrons. The molecule has 2 heteroatoms. The van der Waals surface area contributed by atoms with Crippen molar-refractivity contribution in [3.8, 4) is 0 Å². The minimum Gasteiger partial charge on any atom is -0.390 e. The Hall–Kier alpha value is -0.860. The van der Waals surface area contributed by atoms with Gasteiger partial charge in [-0.1, -0.05) is 30.3 Å². The molecule has 1 N–H and O–H groups in total. The van der Waals surface area contributed by atoms with Crippen molar-refractivity contribution >= 4 is 0 Å². The smallest absolute Gasteiger partial charge is 0.0691 e. The van der Waals surface area contributed by atoms with Gasteiger partial charge in [0.05, 0.1) is 5.60 Å². The predicted molar refractivity (Wildman–Crippen MR) is 64.4 cm³/mol. The van der Waals surface area contributed by atoms with E-state index < -0.39 is 5.60 Å². The summed E-state index contributed by atoms with van der Waals surface area (Å²) in [5.74, 6) is 0. The van der Waals surface area contributed by atoms with Gasteiger partial charge < -0.3 is 9.84 Å². The fourth-order valence-corrected chi connectivity index (χ4v) is 2.27. The molecule has 0 amide bonds. The highest BCUT2D eigenvalue weighted by Crippen LogP contribution is 2.26. The minimum atomic E-state index is -0.465. The Balaban J connectivity index is 1.75. The molecule has 0 spiro atoms. The third-order valence-corrected chi connectivity index (χ3v) is 3.37. The van der Waals surface area contributed by atoms with Gasteiger partial charge in [-0.2, -0.15) is 0 Å². The van der Waals surface area contributed by atoms with Gasteiger partial charge in [-0.3, -0.25) is 0 Å². The largest absolute Gasteiger partial charge is 0.390 e. The molecule has 0 atom stereocenters. The Morgan fingerprint density at radius 3 is 2.50 bits per heavy atom. The maximum Gasteiger partial charge on any atom is 0.0691 e. The van der Waals surface area contributed by atoms with Crippen LogP contribution < -0.4 is 0 Å². The van der Waals surface area contributed by atoms with Crippen molar-refractivity contribution in [1.82, 2.24) is 0 Å². The van der Waals surface area contributed by atoms with E-state index in [4.69, 9.17) is 4.74 Å². The first-order valence-electron chi connectivity index (χ1n) is 6.13. The van der Waals surface area contributed by atoms with Crippen molar-refractivity contribution in [1.29, 1.82) is 0 Å². The second-order valence-electron chi connectivity index (χ2n) is 4.68. The van der Waals surface area contributed by atoms with Crippen molar-refractivity contribution in [2.45, 2.75) is 37.7 Å². The highest BCUT2D eigenvalue weighted by atomic mass is 16.5. The Morgan fingerprint density at radius 2 is 1.81 bits per heavy atom. The molecule has 1 heterocycles. The van der Waals surface area contributed by atoms with E-state index in [-0.39, 0.29) is 0 Å². The first-order chi connectivity index (χ1) is 7.79. The molecule has 1 saturated heterocycles. The molecule has 0 aliphatic carbocycles. The number of aliphatic hydroxyl groups is 1. The van der Waals surface area contributed by atoms with Gasteiger partial charge in [0.15, 0.2) is 0 Å². The topological polar surface area (TPSA) is 29.5 Å². The van der Waals surface area contributed by atoms with Gasteiger partial charge in [0, 0.05) is 13.2 Å². The average molecular weight is 220 g/mol. The third-order valence-electron chi connectivity index (χ3n) is 3.37. The minimum absolute atomic E-state index is 0.465. The normalized spacial score (nSPS) is 19.6. The van der Waals surface area contributed by atoms with E-state index >= 15 is 0 Å². The van der Waals surface area contributed by atoms with Crippen LogP contribution in [0, 0.1) is 0 Å². The Kier molecular flexibility index (Phi) is 3.97. The molecule has 1 aliphatic heterocycles. The number of rotatable bonds is 4. The van der Waals surface area contributed by atoms with E-state index in [1.807, 2.05) is 6.07 Å². The number of benzene rings is 1. The SMILES string of the molecule is OC1(CCCc2ccccc2)CCOCC1. The first-order valence-corrected chi connectivity index (χ1v) is 6.13. The lowest BCUT2D eigenvalue weighted by Gasteiger charge is -2.32. The third kappa shape index (κ3) is 3.32. The van der Waals surface area contributed by atoms with Crippen LogP contribution in [-0.4, -0.2) is 23.9 Å². The summed E-state index contributed by atoms with van der Waals surface area (Å²) in [5.41, 5.74) is 0.894. The van der Waals surface area contributed by atoms with Crippen molar-refractivity contribution < 1.29 is 9.84 Å². The van der Waals surface area contributed by atoms with E-state index in [1.165, 1.54) is 5.56 Å². The van der Waals surface area contributed by atoms with Gasteiger partial charge in [-0.05, 0) is 37.7 Å². The molecule has 88 valence electrons. The van der Waals surface area contributed by atoms with E-state index in [9.17, 15) is 5.11 Å². The highest BCUT2D eigenvalue weighted by Gasteiger charge is 2.28. The van der Waals surface area contributed by atoms with E-state index in [0.717, 1.165) is 32.1 Å². The van der Waals surface area contributed by atoms with Crippen LogP contribution in [0.15, 0.2) is 30.3 Å². The summed E-state index contributed by atoms with van der Waals surface area (Å²) in [5, 5.41) is 10.3. The monoisotopic (exact) mass is 220 g/mol. The number of hydrogen-bond donors (Lipinski definition) is 1. The fraction of sp³-hybridized carbons (Fsp3) is 0.571. The van der Waals surface area contributed by atoms with Crippen LogP contribution >= 0.6 is 0 Å². The standard InChI is InChI=1S/C14H20O2/c15-14(9-11-16-12-10-14)8-4-7-13-5-2-1-3-6-13/h1-3,5-6,15H,4,7-12H2. The van der Waals surface area contributed by atoms with Gasteiger partial charge in [0.2, 0.25) is 0 Å². The lowest BCUT2D eigenvalue weighted by atomic mass is 9.88. The molecule has 1 aliphatic rings. The second kappa shape index (κ2) is 5.46. The summed E-state index contributed by atoms with van der Waals surface area (Å²) >= 11 is 0. The molecule has 0 aromatic heterocycles. The van der Waals surface area contributed by atoms with Gasteiger partial charge in [0.1, 0.15) is 0 Å². The van der Waals surface area contributed by atoms with Crippen LogP contribution in [0.1, 0.15) is 31.2 Å². The maximum atomic E-state index is 10.3. The van der Waals surface area contributed by atoms with Gasteiger partial charge >= 0.3 is 0 Å². The number of aryl methyl sites for hydroxylation is 1. The lowest BCUT2D eigenvalue weighted by molar-refractivity contribution is -0.0687. The molecular weight excluding hydrogens is 200 g/mol. The van der Waals surface area contributed by atoms with Crippen molar-refractivity contribution in [3.63, 3.8) is 0 Å². The van der Waals surface area contributed by atoms with Crippen molar-refractivity contribution in [2.24, 2.45) is 0 Å². The first kappa shape index (κ1) is 11.6. The summed E-state index contributed by atoms with van der Waals surface area (Å²) in [6, 6.07) is 10.5. The molecule has 1 fully saturated rings. The van der Waals surface area contributed by atoms with Gasteiger partial charge in [-0.25, -0.2) is 0 Å². The van der Waals surface area contributed by atoms with Crippen LogP contribution in [-0.2, 0) is 11.2 Å². The average Bonchev–Trinajstić information content (AvgIpc) is 2.31. The van der Waals surface area contributed by atoms with Crippen molar-refractivity contribution in [3.05, 3.63) is 35.9 Å². The molecular formula is C14H20O2. The second-order valence-corrected chi connectivity index (χ2v) is 4.68. The van der Waals surface area contributed by atoms with Gasteiger partial charge in [-0.15, -0.1) is 0 Å². The molecule has 0 unspecified atom stereocenters. The van der Waals surface area contributed by atoms with Gasteiger partial charge in [0.25, 0.3) is 0 Å². The van der Waals surface area contributed by atoms with E-state index in [0.29, 0.717) is 13.2 Å². The zero-order chi connectivity index (χ0) is 11.3. The molecule has 2 nitrogen and oxygen atoms in total. The number of ether oxygens (including phenoxy) is 1. The lowest BCUT2D eigenvalue weighted by Crippen LogP contribution is -2.36. The Labute approximate surface area is 97.3 Å². The predicted octanol–water partition coefficient (Wildman–Crippen LogP) is 2.55. The highest BCUT2D eigenvalue weighted by molar-refractivity contribution is 5.14.